The maximum Gasteiger partial charge on any atom is 0.354 e. The molecule has 0 saturated carbocycles. The lowest BCUT2D eigenvalue weighted by Crippen LogP contribution is -2.60. The highest BCUT2D eigenvalue weighted by Gasteiger charge is 2.34. The lowest BCUT2D eigenvalue weighted by atomic mass is 10.0. The summed E-state index contributed by atoms with van der Waals surface area (Å²) in [6, 6.07) is 9.22. The van der Waals surface area contributed by atoms with E-state index in [0.29, 0.717) is 31.9 Å². The van der Waals surface area contributed by atoms with Gasteiger partial charge in [0.25, 0.3) is 0 Å². The van der Waals surface area contributed by atoms with Crippen LogP contribution in [0.4, 0.5) is 10.6 Å². The number of carbonyl (C=O) groups is 2. The molecule has 0 radical (unpaired) electrons. The molecule has 2 aliphatic rings. The number of anilines is 1. The molecule has 2 atom stereocenters. The van der Waals surface area contributed by atoms with E-state index in [9.17, 15) is 19.5 Å². The molecule has 38 heavy (non-hydrogen) atoms. The van der Waals surface area contributed by atoms with Gasteiger partial charge in [-0.2, -0.15) is 4.98 Å². The minimum atomic E-state index is -1.35. The van der Waals surface area contributed by atoms with E-state index in [2.05, 4.69) is 15.2 Å². The SMILES string of the molecule is C[C@](N)(CO)C(=O)N1CCN(C(=O)Nc2ccn(-c3ccc(CCN4CC[C@@H](N)C4)cc3)c(=O)n2)CC1.Cl. The first-order chi connectivity index (χ1) is 17.7. The Hall–Kier alpha value is -3.03. The maximum atomic E-state index is 12.7. The molecular weight excluding hydrogens is 512 g/mol. The average molecular weight is 549 g/mol. The lowest BCUT2D eigenvalue weighted by molar-refractivity contribution is -0.139. The number of aromatic nitrogens is 2. The van der Waals surface area contributed by atoms with Gasteiger partial charge >= 0.3 is 11.7 Å². The van der Waals surface area contributed by atoms with Gasteiger partial charge in [0.2, 0.25) is 5.91 Å². The van der Waals surface area contributed by atoms with Crippen molar-refractivity contribution in [2.45, 2.75) is 31.3 Å². The van der Waals surface area contributed by atoms with Gasteiger partial charge in [-0.15, -0.1) is 12.4 Å². The largest absolute Gasteiger partial charge is 0.394 e. The first-order valence-corrected chi connectivity index (χ1v) is 12.6. The summed E-state index contributed by atoms with van der Waals surface area (Å²) in [5.41, 5.74) is 11.8. The molecule has 2 aromatic rings. The van der Waals surface area contributed by atoms with Gasteiger partial charge in [-0.1, -0.05) is 12.1 Å². The van der Waals surface area contributed by atoms with Crippen LogP contribution >= 0.6 is 12.4 Å². The molecule has 0 bridgehead atoms. The molecule has 1 aromatic heterocycles. The van der Waals surface area contributed by atoms with Crippen molar-refractivity contribution in [3.63, 3.8) is 0 Å². The molecule has 6 N–H and O–H groups in total. The van der Waals surface area contributed by atoms with Gasteiger partial charge in [0, 0.05) is 51.5 Å². The van der Waals surface area contributed by atoms with E-state index in [1.807, 2.05) is 24.3 Å². The van der Waals surface area contributed by atoms with E-state index in [4.69, 9.17) is 11.5 Å². The topological polar surface area (TPSA) is 163 Å². The van der Waals surface area contributed by atoms with Crippen LogP contribution in [0.15, 0.2) is 41.3 Å². The first-order valence-electron chi connectivity index (χ1n) is 12.6. The minimum absolute atomic E-state index is 0. The predicted molar refractivity (Wildman–Crippen MR) is 147 cm³/mol. The molecule has 4 rings (SSSR count). The molecule has 2 aliphatic heterocycles. The molecule has 12 nitrogen and oxygen atoms in total. The third-order valence-corrected chi connectivity index (χ3v) is 6.95. The molecule has 2 saturated heterocycles. The fourth-order valence-electron chi connectivity index (χ4n) is 4.58. The van der Waals surface area contributed by atoms with E-state index in [-0.39, 0.29) is 30.2 Å². The van der Waals surface area contributed by atoms with Crippen molar-refractivity contribution < 1.29 is 14.7 Å². The molecular formula is C25H37ClN8O4. The van der Waals surface area contributed by atoms with Crippen LogP contribution in [0, 0.1) is 0 Å². The third-order valence-electron chi connectivity index (χ3n) is 6.95. The number of hydrogen-bond acceptors (Lipinski definition) is 8. The van der Waals surface area contributed by atoms with Crippen LogP contribution in [0.5, 0.6) is 0 Å². The number of aliphatic hydroxyl groups excluding tert-OH is 1. The molecule has 2 fully saturated rings. The van der Waals surface area contributed by atoms with Gasteiger partial charge in [-0.05, 0) is 50.1 Å². The van der Waals surface area contributed by atoms with Gasteiger partial charge < -0.3 is 31.3 Å². The zero-order valence-corrected chi connectivity index (χ0v) is 22.4. The summed E-state index contributed by atoms with van der Waals surface area (Å²) in [4.78, 5) is 47.2. The Kier molecular flexibility index (Phi) is 9.85. The van der Waals surface area contributed by atoms with E-state index >= 15 is 0 Å². The standard InChI is InChI=1S/C25H36N8O4.ClH/c1-25(27,17-34)22(35)31-12-14-32(15-13-31)23(36)28-21-8-11-33(24(37)29-21)20-4-2-18(3-5-20)6-9-30-10-7-19(26)16-30;/h2-5,8,11,19,34H,6-7,9-10,12-17,26-27H2,1H3,(H,28,29,36,37);1H/t19-,25+;/m1./s1. The second-order valence-corrected chi connectivity index (χ2v) is 10.0. The van der Waals surface area contributed by atoms with E-state index in [1.54, 1.807) is 17.2 Å². The summed E-state index contributed by atoms with van der Waals surface area (Å²) in [5, 5.41) is 12.0. The Bertz CT molecular complexity index is 1160. The highest BCUT2D eigenvalue weighted by atomic mass is 35.5. The van der Waals surface area contributed by atoms with E-state index < -0.39 is 23.9 Å². The van der Waals surface area contributed by atoms with Crippen molar-refractivity contribution in [1.82, 2.24) is 24.3 Å². The number of halogens is 1. The lowest BCUT2D eigenvalue weighted by Gasteiger charge is -2.37. The number of rotatable bonds is 7. The van der Waals surface area contributed by atoms with E-state index in [1.165, 1.54) is 22.0 Å². The average Bonchev–Trinajstić information content (AvgIpc) is 3.32. The first kappa shape index (κ1) is 29.5. The molecule has 0 aliphatic carbocycles. The van der Waals surface area contributed by atoms with Crippen LogP contribution in [0.3, 0.4) is 0 Å². The minimum Gasteiger partial charge on any atom is -0.394 e. The normalized spacial score (nSPS) is 19.5. The van der Waals surface area contributed by atoms with Gasteiger partial charge in [0.05, 0.1) is 12.3 Å². The van der Waals surface area contributed by atoms with Crippen molar-refractivity contribution in [3.8, 4) is 5.69 Å². The van der Waals surface area contributed by atoms with Crippen LogP contribution in [0.25, 0.3) is 5.69 Å². The summed E-state index contributed by atoms with van der Waals surface area (Å²) < 4.78 is 1.42. The van der Waals surface area contributed by atoms with E-state index in [0.717, 1.165) is 32.5 Å². The monoisotopic (exact) mass is 548 g/mol. The van der Waals surface area contributed by atoms with Crippen molar-refractivity contribution >= 4 is 30.2 Å². The zero-order valence-electron chi connectivity index (χ0n) is 21.6. The summed E-state index contributed by atoms with van der Waals surface area (Å²) in [6.07, 6.45) is 3.54. The quantitative estimate of drug-likeness (QED) is 0.363. The second-order valence-electron chi connectivity index (χ2n) is 10.0. The van der Waals surface area contributed by atoms with Crippen LogP contribution in [-0.2, 0) is 11.2 Å². The van der Waals surface area contributed by atoms with Crippen LogP contribution in [0.1, 0.15) is 18.9 Å². The van der Waals surface area contributed by atoms with Crippen LogP contribution in [0.2, 0.25) is 0 Å². The molecule has 1 aromatic carbocycles. The Balaban J connectivity index is 0.00000400. The smallest absolute Gasteiger partial charge is 0.354 e. The molecule has 208 valence electrons. The molecule has 3 amide bonds. The summed E-state index contributed by atoms with van der Waals surface area (Å²) >= 11 is 0. The number of nitrogens with zero attached hydrogens (tertiary/aromatic N) is 5. The predicted octanol–water partition coefficient (Wildman–Crippen LogP) is -0.384. The third kappa shape index (κ3) is 7.08. The van der Waals surface area contributed by atoms with Crippen LogP contribution < -0.4 is 22.5 Å². The Morgan fingerprint density at radius 1 is 1.11 bits per heavy atom. The second kappa shape index (κ2) is 12.7. The van der Waals surface area contributed by atoms with Crippen molar-refractivity contribution in [2.75, 3.05) is 57.7 Å². The van der Waals surface area contributed by atoms with Crippen molar-refractivity contribution in [2.24, 2.45) is 11.5 Å². The highest BCUT2D eigenvalue weighted by molar-refractivity contribution is 5.89. The van der Waals surface area contributed by atoms with Gasteiger partial charge in [0.1, 0.15) is 11.4 Å². The van der Waals surface area contributed by atoms with Gasteiger partial charge in [0.15, 0.2) is 0 Å². The number of amides is 3. The summed E-state index contributed by atoms with van der Waals surface area (Å²) in [5.74, 6) is -0.204. The Morgan fingerprint density at radius 2 is 1.76 bits per heavy atom. The van der Waals surface area contributed by atoms with Crippen LogP contribution in [-0.4, -0.2) is 105 Å². The highest BCUT2D eigenvalue weighted by Crippen LogP contribution is 2.13. The fourth-order valence-corrected chi connectivity index (χ4v) is 4.58. The number of likely N-dealkylation sites (tertiary alicyclic amines) is 1. The molecule has 0 spiro atoms. The van der Waals surface area contributed by atoms with Gasteiger partial charge in [-0.3, -0.25) is 14.7 Å². The van der Waals surface area contributed by atoms with Gasteiger partial charge in [-0.25, -0.2) is 9.59 Å². The summed E-state index contributed by atoms with van der Waals surface area (Å²) in [6.45, 7) is 5.16. The maximum absolute atomic E-state index is 12.7. The number of benzene rings is 1. The summed E-state index contributed by atoms with van der Waals surface area (Å²) in [7, 11) is 0. The molecule has 3 heterocycles. The number of hydrogen-bond donors (Lipinski definition) is 4. The zero-order chi connectivity index (χ0) is 26.6. The number of urea groups is 1. The molecule has 0 unspecified atom stereocenters. The number of nitrogens with two attached hydrogens (primary N) is 2. The fraction of sp³-hybridized carbons (Fsp3) is 0.520. The van der Waals surface area contributed by atoms with Crippen molar-refractivity contribution in [3.05, 3.63) is 52.6 Å². The molecule has 13 heteroatoms. The Labute approximate surface area is 228 Å². The number of aliphatic hydroxyl groups is 1. The number of piperazine rings is 1. The van der Waals surface area contributed by atoms with Crippen molar-refractivity contribution in [1.29, 1.82) is 0 Å². The Morgan fingerprint density at radius 3 is 2.34 bits per heavy atom. The number of nitrogens with one attached hydrogen (secondary N) is 1. The number of carbonyl (C=O) groups excluding carboxylic acids is 2.